The maximum absolute atomic E-state index is 13.3. The summed E-state index contributed by atoms with van der Waals surface area (Å²) in [7, 11) is 0. The fourth-order valence-corrected chi connectivity index (χ4v) is 1.32. The number of aromatic amines is 1. The van der Waals surface area contributed by atoms with Gasteiger partial charge in [-0.3, -0.25) is 9.89 Å². The van der Waals surface area contributed by atoms with Gasteiger partial charge in [0.05, 0.1) is 10.7 Å². The Labute approximate surface area is 94.7 Å². The van der Waals surface area contributed by atoms with Gasteiger partial charge >= 0.3 is 0 Å². The zero-order valence-corrected chi connectivity index (χ0v) is 8.62. The standard InChI is InChI=1S/C9H6ClFN4O/c10-5-2-1-3-6(11)7(5)14-9(16)8-12-4-13-15-8/h1-4H,(H,14,16)(H,12,13,15). The van der Waals surface area contributed by atoms with E-state index in [4.69, 9.17) is 11.6 Å². The molecule has 2 aromatic rings. The van der Waals surface area contributed by atoms with Crippen molar-refractivity contribution in [2.24, 2.45) is 0 Å². The lowest BCUT2D eigenvalue weighted by Gasteiger charge is -2.05. The lowest BCUT2D eigenvalue weighted by Crippen LogP contribution is -2.15. The lowest BCUT2D eigenvalue weighted by molar-refractivity contribution is 0.101. The quantitative estimate of drug-likeness (QED) is 0.842. The first kappa shape index (κ1) is 10.6. The van der Waals surface area contributed by atoms with Crippen molar-refractivity contribution in [1.82, 2.24) is 15.2 Å². The summed E-state index contributed by atoms with van der Waals surface area (Å²) in [6.07, 6.45) is 1.18. The van der Waals surface area contributed by atoms with E-state index >= 15 is 0 Å². The van der Waals surface area contributed by atoms with Crippen LogP contribution in [0.5, 0.6) is 0 Å². The van der Waals surface area contributed by atoms with Crippen molar-refractivity contribution in [2.45, 2.75) is 0 Å². The fraction of sp³-hybridized carbons (Fsp3) is 0. The number of nitrogens with zero attached hydrogens (tertiary/aromatic N) is 2. The maximum atomic E-state index is 13.3. The second kappa shape index (κ2) is 4.28. The van der Waals surface area contributed by atoms with Crippen LogP contribution in [0, 0.1) is 5.82 Å². The molecule has 0 spiro atoms. The first-order valence-corrected chi connectivity index (χ1v) is 4.67. The normalized spacial score (nSPS) is 10.1. The average molecular weight is 241 g/mol. The molecular weight excluding hydrogens is 235 g/mol. The number of H-pyrrole nitrogens is 1. The SMILES string of the molecule is O=C(Nc1c(F)cccc1Cl)c1ncn[nH]1. The number of carbonyl (C=O) groups is 1. The zero-order chi connectivity index (χ0) is 11.5. The first-order chi connectivity index (χ1) is 7.68. The molecule has 1 aromatic carbocycles. The molecule has 0 aliphatic rings. The van der Waals surface area contributed by atoms with Gasteiger partial charge in [-0.2, -0.15) is 5.10 Å². The predicted molar refractivity (Wildman–Crippen MR) is 55.7 cm³/mol. The first-order valence-electron chi connectivity index (χ1n) is 4.29. The molecule has 2 rings (SSSR count). The minimum atomic E-state index is -0.611. The molecule has 0 aliphatic heterocycles. The van der Waals surface area contributed by atoms with E-state index in [0.29, 0.717) is 0 Å². The van der Waals surface area contributed by atoms with Crippen LogP contribution in [-0.2, 0) is 0 Å². The molecule has 1 aromatic heterocycles. The number of hydrogen-bond acceptors (Lipinski definition) is 3. The number of nitrogens with one attached hydrogen (secondary N) is 2. The summed E-state index contributed by atoms with van der Waals surface area (Å²) in [6.45, 7) is 0. The Balaban J connectivity index is 2.25. The molecule has 0 radical (unpaired) electrons. The van der Waals surface area contributed by atoms with E-state index in [0.717, 1.165) is 0 Å². The molecule has 2 N–H and O–H groups in total. The summed E-state index contributed by atoms with van der Waals surface area (Å²) in [5.74, 6) is -1.23. The van der Waals surface area contributed by atoms with Gasteiger partial charge in [-0.15, -0.1) is 0 Å². The summed E-state index contributed by atoms with van der Waals surface area (Å²) in [6, 6.07) is 4.12. The van der Waals surface area contributed by atoms with Crippen LogP contribution in [0.4, 0.5) is 10.1 Å². The van der Waals surface area contributed by atoms with E-state index in [-0.39, 0.29) is 16.5 Å². The van der Waals surface area contributed by atoms with Crippen LogP contribution in [0.2, 0.25) is 5.02 Å². The molecule has 0 unspecified atom stereocenters. The molecule has 82 valence electrons. The van der Waals surface area contributed by atoms with Crippen LogP contribution in [0.25, 0.3) is 0 Å². The second-order valence-electron chi connectivity index (χ2n) is 2.88. The Morgan fingerprint density at radius 1 is 1.50 bits per heavy atom. The predicted octanol–water partition coefficient (Wildman–Crippen LogP) is 1.85. The van der Waals surface area contributed by atoms with Crippen molar-refractivity contribution in [3.63, 3.8) is 0 Å². The van der Waals surface area contributed by atoms with Gasteiger partial charge in [0.25, 0.3) is 5.91 Å². The van der Waals surface area contributed by atoms with Gasteiger partial charge in [0.2, 0.25) is 5.82 Å². The number of benzene rings is 1. The summed E-state index contributed by atoms with van der Waals surface area (Å²) >= 11 is 5.73. The van der Waals surface area contributed by atoms with Gasteiger partial charge < -0.3 is 5.32 Å². The number of amides is 1. The summed E-state index contributed by atoms with van der Waals surface area (Å²) in [5, 5.41) is 8.28. The minimum Gasteiger partial charge on any atom is -0.315 e. The second-order valence-corrected chi connectivity index (χ2v) is 3.29. The lowest BCUT2D eigenvalue weighted by atomic mass is 10.3. The smallest absolute Gasteiger partial charge is 0.293 e. The monoisotopic (exact) mass is 240 g/mol. The van der Waals surface area contributed by atoms with E-state index in [1.165, 1.54) is 24.5 Å². The highest BCUT2D eigenvalue weighted by molar-refractivity contribution is 6.33. The van der Waals surface area contributed by atoms with E-state index in [9.17, 15) is 9.18 Å². The van der Waals surface area contributed by atoms with Crippen molar-refractivity contribution < 1.29 is 9.18 Å². The molecule has 5 nitrogen and oxygen atoms in total. The molecule has 0 fully saturated rings. The molecule has 0 aliphatic carbocycles. The van der Waals surface area contributed by atoms with Crippen LogP contribution in [0.1, 0.15) is 10.6 Å². The molecule has 7 heteroatoms. The third-order valence-electron chi connectivity index (χ3n) is 1.83. The van der Waals surface area contributed by atoms with Crippen LogP contribution in [-0.4, -0.2) is 21.1 Å². The van der Waals surface area contributed by atoms with E-state index in [2.05, 4.69) is 20.5 Å². The molecule has 0 saturated carbocycles. The van der Waals surface area contributed by atoms with Gasteiger partial charge in [-0.05, 0) is 12.1 Å². The topological polar surface area (TPSA) is 70.7 Å². The molecule has 1 amide bonds. The van der Waals surface area contributed by atoms with Gasteiger partial charge in [-0.25, -0.2) is 9.37 Å². The van der Waals surface area contributed by atoms with E-state index in [1.54, 1.807) is 0 Å². The van der Waals surface area contributed by atoms with Crippen molar-refractivity contribution in [3.05, 3.63) is 41.2 Å². The van der Waals surface area contributed by atoms with E-state index in [1.807, 2.05) is 0 Å². The fourth-order valence-electron chi connectivity index (χ4n) is 1.10. The van der Waals surface area contributed by atoms with Gasteiger partial charge in [0.1, 0.15) is 12.1 Å². The Morgan fingerprint density at radius 2 is 2.31 bits per heavy atom. The summed E-state index contributed by atoms with van der Waals surface area (Å²) in [5.41, 5.74) is -0.0782. The highest BCUT2D eigenvalue weighted by Gasteiger charge is 2.13. The summed E-state index contributed by atoms with van der Waals surface area (Å²) < 4.78 is 13.3. The number of rotatable bonds is 2. The Morgan fingerprint density at radius 3 is 2.94 bits per heavy atom. The average Bonchev–Trinajstić information content (AvgIpc) is 2.76. The highest BCUT2D eigenvalue weighted by Crippen LogP contribution is 2.24. The third kappa shape index (κ3) is 2.01. The zero-order valence-electron chi connectivity index (χ0n) is 7.87. The van der Waals surface area contributed by atoms with Crippen LogP contribution < -0.4 is 5.32 Å². The molecule has 1 heterocycles. The minimum absolute atomic E-state index is 0.0145. The molecule has 0 atom stereocenters. The van der Waals surface area contributed by atoms with Gasteiger partial charge in [-0.1, -0.05) is 17.7 Å². The van der Waals surface area contributed by atoms with E-state index < -0.39 is 11.7 Å². The maximum Gasteiger partial charge on any atom is 0.293 e. The van der Waals surface area contributed by atoms with Crippen molar-refractivity contribution in [2.75, 3.05) is 5.32 Å². The van der Waals surface area contributed by atoms with Crippen molar-refractivity contribution in [1.29, 1.82) is 0 Å². The molecular formula is C9H6ClFN4O. The highest BCUT2D eigenvalue weighted by atomic mass is 35.5. The third-order valence-corrected chi connectivity index (χ3v) is 2.15. The molecule has 0 bridgehead atoms. The number of aromatic nitrogens is 3. The largest absolute Gasteiger partial charge is 0.315 e. The number of halogens is 2. The summed E-state index contributed by atoms with van der Waals surface area (Å²) in [4.78, 5) is 15.1. The van der Waals surface area contributed by atoms with Crippen LogP contribution in [0.3, 0.4) is 0 Å². The Hall–Kier alpha value is -1.95. The molecule has 0 saturated heterocycles. The Bertz CT molecular complexity index is 494. The van der Waals surface area contributed by atoms with Crippen molar-refractivity contribution >= 4 is 23.2 Å². The number of hydrogen-bond donors (Lipinski definition) is 2. The van der Waals surface area contributed by atoms with Crippen molar-refractivity contribution in [3.8, 4) is 0 Å². The number of carbonyl (C=O) groups excluding carboxylic acids is 1. The molecule has 16 heavy (non-hydrogen) atoms. The Kier molecular flexibility index (Phi) is 2.82. The van der Waals surface area contributed by atoms with Gasteiger partial charge in [0, 0.05) is 0 Å². The van der Waals surface area contributed by atoms with Crippen LogP contribution in [0.15, 0.2) is 24.5 Å². The number of para-hydroxylation sites is 1. The number of anilines is 1. The van der Waals surface area contributed by atoms with Crippen LogP contribution >= 0.6 is 11.6 Å². The van der Waals surface area contributed by atoms with Gasteiger partial charge in [0.15, 0.2) is 0 Å².